The number of aromatic nitrogens is 2. The molecule has 136 valence electrons. The molecule has 0 spiro atoms. The summed E-state index contributed by atoms with van der Waals surface area (Å²) >= 11 is 0. The largest absolute Gasteiger partial charge is 0.488 e. The number of ether oxygens (including phenoxy) is 1. The molecule has 1 aliphatic heterocycles. The molecule has 3 aromatic rings. The fraction of sp³-hybridized carbons (Fsp3) is 0.227. The van der Waals surface area contributed by atoms with Crippen LogP contribution >= 0.6 is 0 Å². The highest BCUT2D eigenvalue weighted by molar-refractivity contribution is 5.91. The minimum atomic E-state index is -0.0320. The van der Waals surface area contributed by atoms with E-state index in [1.54, 1.807) is 18.5 Å². The molecule has 1 aromatic heterocycles. The van der Waals surface area contributed by atoms with Gasteiger partial charge < -0.3 is 10.1 Å². The molecule has 0 aliphatic carbocycles. The van der Waals surface area contributed by atoms with Crippen LogP contribution in [0.2, 0.25) is 0 Å². The number of amides is 1. The summed E-state index contributed by atoms with van der Waals surface area (Å²) in [6.45, 7) is 4.16. The van der Waals surface area contributed by atoms with Crippen LogP contribution in [0.4, 0.5) is 0 Å². The van der Waals surface area contributed by atoms with Gasteiger partial charge in [0.25, 0.3) is 0 Å². The van der Waals surface area contributed by atoms with Crippen molar-refractivity contribution in [1.29, 1.82) is 0 Å². The molecule has 5 heteroatoms. The number of carbonyl (C=O) groups is 1. The van der Waals surface area contributed by atoms with E-state index in [4.69, 9.17) is 4.74 Å². The zero-order chi connectivity index (χ0) is 18.6. The number of benzene rings is 2. The number of fused-ring (bicyclic) bond motifs is 3. The van der Waals surface area contributed by atoms with Crippen molar-refractivity contribution in [3.8, 4) is 17.1 Å². The molecule has 1 aliphatic rings. The molecule has 1 atom stereocenters. The topological polar surface area (TPSA) is 64.1 Å². The first-order valence-electron chi connectivity index (χ1n) is 9.12. The minimum Gasteiger partial charge on any atom is -0.488 e. The highest BCUT2D eigenvalue weighted by Gasteiger charge is 2.25. The Morgan fingerprint density at radius 3 is 2.93 bits per heavy atom. The summed E-state index contributed by atoms with van der Waals surface area (Å²) in [5, 5.41) is 5.26. The van der Waals surface area contributed by atoms with E-state index in [1.807, 2.05) is 18.2 Å². The third-order valence-electron chi connectivity index (χ3n) is 4.74. The molecule has 0 fully saturated rings. The zero-order valence-corrected chi connectivity index (χ0v) is 15.0. The SMILES string of the molecule is C=CCCC(=O)NC[C@H]1Cc2c(ccc3cc(-c4ncccn4)ccc23)O1. The molecule has 0 bridgehead atoms. The van der Waals surface area contributed by atoms with E-state index in [2.05, 4.69) is 40.1 Å². The third-order valence-corrected chi connectivity index (χ3v) is 4.74. The van der Waals surface area contributed by atoms with E-state index in [0.717, 1.165) is 28.9 Å². The highest BCUT2D eigenvalue weighted by atomic mass is 16.5. The van der Waals surface area contributed by atoms with Gasteiger partial charge in [0.15, 0.2) is 5.82 Å². The van der Waals surface area contributed by atoms with Crippen LogP contribution in [0, 0.1) is 0 Å². The molecular formula is C22H21N3O2. The van der Waals surface area contributed by atoms with Crippen molar-refractivity contribution in [2.45, 2.75) is 25.4 Å². The number of hydrogen-bond acceptors (Lipinski definition) is 4. The van der Waals surface area contributed by atoms with E-state index in [9.17, 15) is 4.79 Å². The lowest BCUT2D eigenvalue weighted by Gasteiger charge is -2.11. The Balaban J connectivity index is 1.51. The lowest BCUT2D eigenvalue weighted by atomic mass is 9.99. The fourth-order valence-electron chi connectivity index (χ4n) is 3.39. The zero-order valence-electron chi connectivity index (χ0n) is 15.0. The first kappa shape index (κ1) is 17.2. The van der Waals surface area contributed by atoms with Crippen LogP contribution in [-0.4, -0.2) is 28.5 Å². The van der Waals surface area contributed by atoms with Crippen LogP contribution in [0.1, 0.15) is 18.4 Å². The van der Waals surface area contributed by atoms with Gasteiger partial charge in [-0.05, 0) is 35.4 Å². The summed E-state index contributed by atoms with van der Waals surface area (Å²) in [5.41, 5.74) is 2.19. The van der Waals surface area contributed by atoms with Crippen molar-refractivity contribution in [3.63, 3.8) is 0 Å². The number of carbonyl (C=O) groups excluding carboxylic acids is 1. The van der Waals surface area contributed by atoms with E-state index in [0.29, 0.717) is 19.4 Å². The average Bonchev–Trinajstić information content (AvgIpc) is 3.14. The summed E-state index contributed by atoms with van der Waals surface area (Å²) in [6.07, 6.45) is 7.16. The first-order valence-corrected chi connectivity index (χ1v) is 9.12. The van der Waals surface area contributed by atoms with Gasteiger partial charge in [0.05, 0.1) is 6.54 Å². The predicted octanol–water partition coefficient (Wildman–Crippen LogP) is 3.68. The van der Waals surface area contributed by atoms with E-state index < -0.39 is 0 Å². The van der Waals surface area contributed by atoms with Crippen LogP contribution in [0.3, 0.4) is 0 Å². The van der Waals surface area contributed by atoms with Gasteiger partial charge in [0.1, 0.15) is 11.9 Å². The molecule has 5 nitrogen and oxygen atoms in total. The molecule has 0 unspecified atom stereocenters. The summed E-state index contributed by atoms with van der Waals surface area (Å²) in [6, 6.07) is 12.1. The molecular weight excluding hydrogens is 338 g/mol. The summed E-state index contributed by atoms with van der Waals surface area (Å²) in [7, 11) is 0. The van der Waals surface area contributed by atoms with E-state index >= 15 is 0 Å². The summed E-state index contributed by atoms with van der Waals surface area (Å²) < 4.78 is 6.03. The normalized spacial score (nSPS) is 15.2. The number of rotatable bonds is 6. The summed E-state index contributed by atoms with van der Waals surface area (Å²) in [4.78, 5) is 20.4. The van der Waals surface area contributed by atoms with Gasteiger partial charge in [-0.3, -0.25) is 4.79 Å². The van der Waals surface area contributed by atoms with Gasteiger partial charge in [-0.1, -0.05) is 24.3 Å². The monoisotopic (exact) mass is 359 g/mol. The average molecular weight is 359 g/mol. The molecule has 0 saturated heterocycles. The van der Waals surface area contributed by atoms with Gasteiger partial charge in [-0.15, -0.1) is 6.58 Å². The van der Waals surface area contributed by atoms with Gasteiger partial charge >= 0.3 is 0 Å². The second-order valence-corrected chi connectivity index (χ2v) is 6.63. The maximum atomic E-state index is 11.8. The number of allylic oxidation sites excluding steroid dienone is 1. The molecule has 2 heterocycles. The lowest BCUT2D eigenvalue weighted by Crippen LogP contribution is -2.34. The second-order valence-electron chi connectivity index (χ2n) is 6.63. The van der Waals surface area contributed by atoms with Crippen molar-refractivity contribution in [1.82, 2.24) is 15.3 Å². The van der Waals surface area contributed by atoms with E-state index in [-0.39, 0.29) is 12.0 Å². The lowest BCUT2D eigenvalue weighted by molar-refractivity contribution is -0.121. The van der Waals surface area contributed by atoms with Gasteiger partial charge in [0, 0.05) is 36.4 Å². The molecule has 1 N–H and O–H groups in total. The fourth-order valence-corrected chi connectivity index (χ4v) is 3.39. The van der Waals surface area contributed by atoms with Gasteiger partial charge in [-0.25, -0.2) is 9.97 Å². The maximum Gasteiger partial charge on any atom is 0.220 e. The molecule has 27 heavy (non-hydrogen) atoms. The van der Waals surface area contributed by atoms with Crippen molar-refractivity contribution in [2.75, 3.05) is 6.54 Å². The van der Waals surface area contributed by atoms with Crippen LogP contribution in [0.25, 0.3) is 22.2 Å². The maximum absolute atomic E-state index is 11.8. The smallest absolute Gasteiger partial charge is 0.220 e. The Kier molecular flexibility index (Phi) is 4.83. The van der Waals surface area contributed by atoms with Gasteiger partial charge in [-0.2, -0.15) is 0 Å². The number of hydrogen-bond donors (Lipinski definition) is 1. The van der Waals surface area contributed by atoms with Crippen LogP contribution < -0.4 is 10.1 Å². The Labute approximate surface area is 158 Å². The number of nitrogens with zero attached hydrogens (tertiary/aromatic N) is 2. The van der Waals surface area contributed by atoms with Crippen molar-refractivity contribution in [3.05, 3.63) is 67.0 Å². The molecule has 0 saturated carbocycles. The molecule has 0 radical (unpaired) electrons. The van der Waals surface area contributed by atoms with Crippen LogP contribution in [0.15, 0.2) is 61.4 Å². The van der Waals surface area contributed by atoms with Crippen LogP contribution in [0.5, 0.6) is 5.75 Å². The Morgan fingerprint density at radius 1 is 1.26 bits per heavy atom. The van der Waals surface area contributed by atoms with Crippen molar-refractivity contribution >= 4 is 16.7 Å². The van der Waals surface area contributed by atoms with Gasteiger partial charge in [0.2, 0.25) is 5.91 Å². The molecule has 1 amide bonds. The molecule has 4 rings (SSSR count). The Morgan fingerprint density at radius 2 is 2.11 bits per heavy atom. The quantitative estimate of drug-likeness (QED) is 0.682. The standard InChI is InChI=1S/C22H21N3O2/c1-2-3-5-21(26)25-14-17-13-19-18-8-6-16(22-23-10-4-11-24-22)12-15(18)7-9-20(19)27-17/h2,4,6-12,17H,1,3,5,13-14H2,(H,25,26)/t17-/m1/s1. The third kappa shape index (κ3) is 3.67. The highest BCUT2D eigenvalue weighted by Crippen LogP contribution is 2.36. The van der Waals surface area contributed by atoms with Crippen molar-refractivity contribution < 1.29 is 9.53 Å². The predicted molar refractivity (Wildman–Crippen MR) is 106 cm³/mol. The van der Waals surface area contributed by atoms with E-state index in [1.165, 1.54) is 10.9 Å². The van der Waals surface area contributed by atoms with Crippen LogP contribution in [-0.2, 0) is 11.2 Å². The number of nitrogens with one attached hydrogen (secondary N) is 1. The Hall–Kier alpha value is -3.21. The summed E-state index contributed by atoms with van der Waals surface area (Å²) in [5.74, 6) is 1.65. The Bertz CT molecular complexity index is 986. The second kappa shape index (κ2) is 7.58. The minimum absolute atomic E-state index is 0.0320. The first-order chi connectivity index (χ1) is 13.2. The molecule has 2 aromatic carbocycles. The van der Waals surface area contributed by atoms with Crippen molar-refractivity contribution in [2.24, 2.45) is 0 Å².